The van der Waals surface area contributed by atoms with Crippen LogP contribution in [0.25, 0.3) is 0 Å². The van der Waals surface area contributed by atoms with E-state index in [4.69, 9.17) is 5.73 Å². The van der Waals surface area contributed by atoms with Crippen molar-refractivity contribution < 1.29 is 0 Å². The fraction of sp³-hybridized carbons (Fsp3) is 0.500. The van der Waals surface area contributed by atoms with Crippen molar-refractivity contribution in [3.8, 4) is 0 Å². The van der Waals surface area contributed by atoms with Gasteiger partial charge >= 0.3 is 0 Å². The minimum atomic E-state index is 0.466. The van der Waals surface area contributed by atoms with Gasteiger partial charge in [0.15, 0.2) is 0 Å². The fourth-order valence-corrected chi connectivity index (χ4v) is 2.25. The maximum Gasteiger partial charge on any atom is 0.00416 e. The second-order valence-corrected chi connectivity index (χ2v) is 4.13. The van der Waals surface area contributed by atoms with Crippen molar-refractivity contribution in [1.82, 2.24) is 0 Å². The van der Waals surface area contributed by atoms with E-state index < -0.39 is 0 Å². The molecule has 2 N–H and O–H groups in total. The predicted molar refractivity (Wildman–Crippen MR) is 55.5 cm³/mol. The van der Waals surface area contributed by atoms with Crippen LogP contribution >= 0.6 is 0 Å². The maximum atomic E-state index is 5.88. The van der Waals surface area contributed by atoms with Crippen LogP contribution in [0.4, 0.5) is 0 Å². The summed E-state index contributed by atoms with van der Waals surface area (Å²) in [5.41, 5.74) is 7.34. The van der Waals surface area contributed by atoms with Crippen LogP contribution in [0.5, 0.6) is 0 Å². The molecule has 0 bridgehead atoms. The van der Waals surface area contributed by atoms with Crippen molar-refractivity contribution in [1.29, 1.82) is 0 Å². The first-order chi connectivity index (χ1) is 6.34. The molecule has 2 atom stereocenters. The van der Waals surface area contributed by atoms with Crippen molar-refractivity contribution in [2.24, 2.45) is 11.7 Å². The average molecular weight is 175 g/mol. The zero-order valence-corrected chi connectivity index (χ0v) is 7.95. The molecule has 0 saturated heterocycles. The normalized spacial score (nSPS) is 27.8. The highest BCUT2D eigenvalue weighted by atomic mass is 14.6. The summed E-state index contributed by atoms with van der Waals surface area (Å²) < 4.78 is 0. The van der Waals surface area contributed by atoms with Gasteiger partial charge in [-0.2, -0.15) is 0 Å². The van der Waals surface area contributed by atoms with Crippen LogP contribution in [0.3, 0.4) is 0 Å². The lowest BCUT2D eigenvalue weighted by molar-refractivity contribution is 0.535. The van der Waals surface area contributed by atoms with Crippen LogP contribution in [-0.4, -0.2) is 6.04 Å². The van der Waals surface area contributed by atoms with E-state index in [0.29, 0.717) is 6.04 Å². The summed E-state index contributed by atoms with van der Waals surface area (Å²) in [6, 6.07) is 11.2. The van der Waals surface area contributed by atoms with Gasteiger partial charge in [-0.1, -0.05) is 30.3 Å². The van der Waals surface area contributed by atoms with Gasteiger partial charge in [0.25, 0.3) is 0 Å². The Labute approximate surface area is 80.0 Å². The molecule has 1 fully saturated rings. The molecule has 0 radical (unpaired) electrons. The molecule has 1 aliphatic rings. The van der Waals surface area contributed by atoms with E-state index in [2.05, 4.69) is 30.3 Å². The third-order valence-corrected chi connectivity index (χ3v) is 2.95. The summed E-state index contributed by atoms with van der Waals surface area (Å²) >= 11 is 0. The SMILES string of the molecule is N[C@H]1CCC(Cc2ccccc2)C1. The predicted octanol–water partition coefficient (Wildman–Crippen LogP) is 2.36. The van der Waals surface area contributed by atoms with Crippen LogP contribution in [0.15, 0.2) is 30.3 Å². The third-order valence-electron chi connectivity index (χ3n) is 2.95. The second kappa shape index (κ2) is 3.93. The highest BCUT2D eigenvalue weighted by Crippen LogP contribution is 2.27. The quantitative estimate of drug-likeness (QED) is 0.733. The molecule has 0 amide bonds. The Hall–Kier alpha value is -0.820. The summed E-state index contributed by atoms with van der Waals surface area (Å²) in [6.45, 7) is 0. The summed E-state index contributed by atoms with van der Waals surface area (Å²) in [7, 11) is 0. The van der Waals surface area contributed by atoms with Crippen molar-refractivity contribution >= 4 is 0 Å². The van der Waals surface area contributed by atoms with Crippen LogP contribution in [-0.2, 0) is 6.42 Å². The summed E-state index contributed by atoms with van der Waals surface area (Å²) in [4.78, 5) is 0. The van der Waals surface area contributed by atoms with E-state index in [-0.39, 0.29) is 0 Å². The Kier molecular flexibility index (Phi) is 2.65. The molecule has 70 valence electrons. The van der Waals surface area contributed by atoms with Gasteiger partial charge in [-0.15, -0.1) is 0 Å². The van der Waals surface area contributed by atoms with E-state index >= 15 is 0 Å². The molecule has 0 spiro atoms. The largest absolute Gasteiger partial charge is 0.328 e. The van der Waals surface area contributed by atoms with Gasteiger partial charge in [0, 0.05) is 6.04 Å². The molecule has 0 aliphatic heterocycles. The Morgan fingerprint density at radius 2 is 1.92 bits per heavy atom. The maximum absolute atomic E-state index is 5.88. The van der Waals surface area contributed by atoms with E-state index in [1.165, 1.54) is 31.2 Å². The number of rotatable bonds is 2. The standard InChI is InChI=1S/C12H17N/c13-12-7-6-11(9-12)8-10-4-2-1-3-5-10/h1-5,11-12H,6-9,13H2/t11?,12-/m0/s1. The first kappa shape index (κ1) is 8.76. The molecule has 1 aromatic carbocycles. The monoisotopic (exact) mass is 175 g/mol. The summed E-state index contributed by atoms with van der Waals surface area (Å²) in [6.07, 6.45) is 4.97. The second-order valence-electron chi connectivity index (χ2n) is 4.13. The fourth-order valence-electron chi connectivity index (χ4n) is 2.25. The Morgan fingerprint density at radius 1 is 1.15 bits per heavy atom. The van der Waals surface area contributed by atoms with Crippen molar-refractivity contribution in [3.63, 3.8) is 0 Å². The number of nitrogens with two attached hydrogens (primary N) is 1. The zero-order chi connectivity index (χ0) is 9.10. The first-order valence-corrected chi connectivity index (χ1v) is 5.14. The van der Waals surface area contributed by atoms with Gasteiger partial charge in [-0.05, 0) is 37.2 Å². The molecular weight excluding hydrogens is 158 g/mol. The number of hydrogen-bond donors (Lipinski definition) is 1. The molecule has 0 aromatic heterocycles. The Balaban J connectivity index is 1.92. The minimum Gasteiger partial charge on any atom is -0.328 e. The lowest BCUT2D eigenvalue weighted by Gasteiger charge is -2.08. The summed E-state index contributed by atoms with van der Waals surface area (Å²) in [5.74, 6) is 0.831. The Morgan fingerprint density at radius 3 is 2.54 bits per heavy atom. The van der Waals surface area contributed by atoms with Gasteiger partial charge < -0.3 is 5.73 Å². The molecule has 1 saturated carbocycles. The molecule has 0 heterocycles. The van der Waals surface area contributed by atoms with Gasteiger partial charge in [0.05, 0.1) is 0 Å². The van der Waals surface area contributed by atoms with Crippen LogP contribution in [0, 0.1) is 5.92 Å². The van der Waals surface area contributed by atoms with Crippen LogP contribution < -0.4 is 5.73 Å². The van der Waals surface area contributed by atoms with Gasteiger partial charge in [-0.25, -0.2) is 0 Å². The van der Waals surface area contributed by atoms with E-state index in [1.54, 1.807) is 0 Å². The van der Waals surface area contributed by atoms with E-state index in [1.807, 2.05) is 0 Å². The average Bonchev–Trinajstić information content (AvgIpc) is 2.53. The van der Waals surface area contributed by atoms with Gasteiger partial charge in [-0.3, -0.25) is 0 Å². The van der Waals surface area contributed by atoms with Crippen molar-refractivity contribution in [2.45, 2.75) is 31.7 Å². The van der Waals surface area contributed by atoms with E-state index in [9.17, 15) is 0 Å². The summed E-state index contributed by atoms with van der Waals surface area (Å²) in [5, 5.41) is 0. The lowest BCUT2D eigenvalue weighted by Crippen LogP contribution is -2.15. The number of benzene rings is 1. The van der Waals surface area contributed by atoms with Gasteiger partial charge in [0.2, 0.25) is 0 Å². The topological polar surface area (TPSA) is 26.0 Å². The molecule has 1 aliphatic carbocycles. The zero-order valence-electron chi connectivity index (χ0n) is 7.95. The molecule has 1 unspecified atom stereocenters. The molecule has 2 rings (SSSR count). The molecule has 13 heavy (non-hydrogen) atoms. The van der Waals surface area contributed by atoms with Crippen molar-refractivity contribution in [3.05, 3.63) is 35.9 Å². The third kappa shape index (κ3) is 2.31. The van der Waals surface area contributed by atoms with Crippen LogP contribution in [0.2, 0.25) is 0 Å². The lowest BCUT2D eigenvalue weighted by atomic mass is 9.98. The first-order valence-electron chi connectivity index (χ1n) is 5.14. The molecular formula is C12H17N. The van der Waals surface area contributed by atoms with Crippen LogP contribution in [0.1, 0.15) is 24.8 Å². The Bertz CT molecular complexity index is 255. The van der Waals surface area contributed by atoms with Crippen molar-refractivity contribution in [2.75, 3.05) is 0 Å². The highest BCUT2D eigenvalue weighted by molar-refractivity contribution is 5.15. The molecule has 1 nitrogen and oxygen atoms in total. The number of hydrogen-bond acceptors (Lipinski definition) is 1. The highest BCUT2D eigenvalue weighted by Gasteiger charge is 2.21. The minimum absolute atomic E-state index is 0.466. The molecule has 1 heteroatoms. The van der Waals surface area contributed by atoms with E-state index in [0.717, 1.165) is 5.92 Å². The molecule has 1 aromatic rings. The van der Waals surface area contributed by atoms with Gasteiger partial charge in [0.1, 0.15) is 0 Å². The smallest absolute Gasteiger partial charge is 0.00416 e.